The van der Waals surface area contributed by atoms with Crippen LogP contribution in [0.4, 0.5) is 11.4 Å². The number of carbonyl (C=O) groups excluding carboxylic acids is 2. The Kier molecular flexibility index (Phi) is 5.62. The fraction of sp³-hybridized carbons (Fsp3) is 0.176. The van der Waals surface area contributed by atoms with Crippen molar-refractivity contribution >= 4 is 23.2 Å². The quantitative estimate of drug-likeness (QED) is 0.626. The molecule has 0 spiro atoms. The molecule has 2 amide bonds. The maximum atomic E-state index is 12.1. The zero-order chi connectivity index (χ0) is 17.5. The van der Waals surface area contributed by atoms with Gasteiger partial charge in [0.1, 0.15) is 0 Å². The van der Waals surface area contributed by atoms with Gasteiger partial charge in [0.2, 0.25) is 11.8 Å². The van der Waals surface area contributed by atoms with Gasteiger partial charge in [0.15, 0.2) is 0 Å². The van der Waals surface area contributed by atoms with Crippen LogP contribution in [0, 0.1) is 10.1 Å². The fourth-order valence-corrected chi connectivity index (χ4v) is 2.20. The molecule has 0 atom stereocenters. The molecule has 0 bridgehead atoms. The van der Waals surface area contributed by atoms with Crippen LogP contribution in [-0.2, 0) is 22.4 Å². The van der Waals surface area contributed by atoms with E-state index < -0.39 is 4.92 Å². The second kappa shape index (κ2) is 7.87. The van der Waals surface area contributed by atoms with Crippen molar-refractivity contribution in [2.45, 2.75) is 12.8 Å². The Morgan fingerprint density at radius 2 is 1.67 bits per heavy atom. The lowest BCUT2D eigenvalue weighted by molar-refractivity contribution is -0.385. The van der Waals surface area contributed by atoms with E-state index in [1.165, 1.54) is 6.07 Å². The van der Waals surface area contributed by atoms with Crippen molar-refractivity contribution in [3.63, 3.8) is 0 Å². The van der Waals surface area contributed by atoms with Crippen molar-refractivity contribution in [1.29, 1.82) is 0 Å². The van der Waals surface area contributed by atoms with E-state index in [1.807, 2.05) is 0 Å². The number of carbonyl (C=O) groups is 2. The molecule has 0 aromatic heterocycles. The first-order valence-electron chi connectivity index (χ1n) is 7.31. The number of hydrogen-bond donors (Lipinski definition) is 2. The molecule has 0 aliphatic heterocycles. The molecular weight excluding hydrogens is 310 g/mol. The number of nitrogens with zero attached hydrogens (tertiary/aromatic N) is 1. The molecule has 0 fully saturated rings. The van der Waals surface area contributed by atoms with Crippen LogP contribution in [0.15, 0.2) is 48.5 Å². The van der Waals surface area contributed by atoms with Gasteiger partial charge in [-0.2, -0.15) is 0 Å². The van der Waals surface area contributed by atoms with Gasteiger partial charge in [-0.15, -0.1) is 0 Å². The highest BCUT2D eigenvalue weighted by Gasteiger charge is 2.15. The van der Waals surface area contributed by atoms with Crippen molar-refractivity contribution in [1.82, 2.24) is 5.32 Å². The average molecular weight is 327 g/mol. The topological polar surface area (TPSA) is 101 Å². The molecule has 0 saturated carbocycles. The third kappa shape index (κ3) is 4.64. The van der Waals surface area contributed by atoms with Crippen LogP contribution in [0.2, 0.25) is 0 Å². The smallest absolute Gasteiger partial charge is 0.273 e. The normalized spacial score (nSPS) is 10.0. The summed E-state index contributed by atoms with van der Waals surface area (Å²) in [7, 11) is 1.57. The van der Waals surface area contributed by atoms with E-state index in [-0.39, 0.29) is 30.3 Å². The van der Waals surface area contributed by atoms with Gasteiger partial charge in [-0.3, -0.25) is 19.7 Å². The summed E-state index contributed by atoms with van der Waals surface area (Å²) in [5.41, 5.74) is 1.68. The van der Waals surface area contributed by atoms with Crippen LogP contribution in [0.5, 0.6) is 0 Å². The highest BCUT2D eigenvalue weighted by Crippen LogP contribution is 2.19. The Balaban J connectivity index is 2.00. The van der Waals surface area contributed by atoms with Crippen LogP contribution in [-0.4, -0.2) is 23.8 Å². The van der Waals surface area contributed by atoms with Gasteiger partial charge in [-0.05, 0) is 17.7 Å². The summed E-state index contributed by atoms with van der Waals surface area (Å²) in [6.07, 6.45) is 0.179. The number of amides is 2. The molecule has 0 radical (unpaired) electrons. The van der Waals surface area contributed by atoms with Crippen LogP contribution in [0.1, 0.15) is 11.1 Å². The zero-order valence-electron chi connectivity index (χ0n) is 13.1. The molecule has 7 heteroatoms. The van der Waals surface area contributed by atoms with Gasteiger partial charge in [-0.1, -0.05) is 30.3 Å². The van der Waals surface area contributed by atoms with E-state index in [2.05, 4.69) is 10.6 Å². The number of rotatable bonds is 6. The van der Waals surface area contributed by atoms with Crippen molar-refractivity contribution in [3.05, 3.63) is 69.8 Å². The molecular formula is C17H17N3O4. The van der Waals surface area contributed by atoms with Gasteiger partial charge in [0.05, 0.1) is 17.8 Å². The number of benzene rings is 2. The Hall–Kier alpha value is -3.22. The minimum Gasteiger partial charge on any atom is -0.359 e. The third-order valence-electron chi connectivity index (χ3n) is 3.42. The van der Waals surface area contributed by atoms with E-state index in [4.69, 9.17) is 0 Å². The van der Waals surface area contributed by atoms with E-state index >= 15 is 0 Å². The molecule has 2 aromatic rings. The number of hydrogen-bond acceptors (Lipinski definition) is 4. The van der Waals surface area contributed by atoms with Crippen molar-refractivity contribution in [3.8, 4) is 0 Å². The van der Waals surface area contributed by atoms with Gasteiger partial charge < -0.3 is 10.6 Å². The first-order valence-corrected chi connectivity index (χ1v) is 7.31. The Bertz CT molecular complexity index is 757. The summed E-state index contributed by atoms with van der Waals surface area (Å²) in [4.78, 5) is 33.8. The summed E-state index contributed by atoms with van der Waals surface area (Å²) in [5, 5.41) is 16.2. The zero-order valence-corrected chi connectivity index (χ0v) is 13.1. The lowest BCUT2D eigenvalue weighted by atomic mass is 10.1. The molecule has 0 heterocycles. The van der Waals surface area contributed by atoms with Gasteiger partial charge in [-0.25, -0.2) is 0 Å². The molecule has 124 valence electrons. The Morgan fingerprint density at radius 3 is 2.29 bits per heavy atom. The van der Waals surface area contributed by atoms with Gasteiger partial charge >= 0.3 is 0 Å². The molecule has 24 heavy (non-hydrogen) atoms. The number of para-hydroxylation sites is 1. The highest BCUT2D eigenvalue weighted by molar-refractivity contribution is 5.92. The predicted molar refractivity (Wildman–Crippen MR) is 89.6 cm³/mol. The molecule has 2 N–H and O–H groups in total. The minimum atomic E-state index is -0.504. The van der Waals surface area contributed by atoms with Crippen LogP contribution < -0.4 is 10.6 Å². The average Bonchev–Trinajstić information content (AvgIpc) is 2.56. The van der Waals surface area contributed by atoms with Crippen LogP contribution in [0.3, 0.4) is 0 Å². The first kappa shape index (κ1) is 17.1. The lowest BCUT2D eigenvalue weighted by Gasteiger charge is -2.07. The largest absolute Gasteiger partial charge is 0.359 e. The fourth-order valence-electron chi connectivity index (χ4n) is 2.20. The molecule has 7 nitrogen and oxygen atoms in total. The van der Waals surface area contributed by atoms with Crippen LogP contribution in [0.25, 0.3) is 0 Å². The van der Waals surface area contributed by atoms with E-state index in [0.717, 1.165) is 5.56 Å². The van der Waals surface area contributed by atoms with Gasteiger partial charge in [0, 0.05) is 24.4 Å². The molecule has 2 rings (SSSR count). The summed E-state index contributed by atoms with van der Waals surface area (Å²) >= 11 is 0. The SMILES string of the molecule is CNC(=O)Cc1ccc(NC(=O)Cc2ccccc2[N+](=O)[O-])cc1. The predicted octanol–water partition coefficient (Wildman–Crippen LogP) is 2.06. The molecule has 0 aliphatic rings. The summed E-state index contributed by atoms with van der Waals surface area (Å²) in [6, 6.07) is 13.0. The lowest BCUT2D eigenvalue weighted by Crippen LogP contribution is -2.20. The summed E-state index contributed by atoms with van der Waals surface area (Å²) in [5.74, 6) is -0.438. The first-order chi connectivity index (χ1) is 11.5. The highest BCUT2D eigenvalue weighted by atomic mass is 16.6. The third-order valence-corrected chi connectivity index (χ3v) is 3.42. The second-order valence-corrected chi connectivity index (χ2v) is 5.16. The maximum absolute atomic E-state index is 12.1. The van der Waals surface area contributed by atoms with E-state index in [9.17, 15) is 19.7 Å². The molecule has 0 aliphatic carbocycles. The number of anilines is 1. The van der Waals surface area contributed by atoms with Crippen molar-refractivity contribution in [2.75, 3.05) is 12.4 Å². The maximum Gasteiger partial charge on any atom is 0.273 e. The molecule has 0 saturated heterocycles. The number of nitrogens with one attached hydrogen (secondary N) is 2. The van der Waals surface area contributed by atoms with Crippen molar-refractivity contribution < 1.29 is 14.5 Å². The standard InChI is InChI=1S/C17H17N3O4/c1-18-16(21)10-12-6-8-14(9-7-12)19-17(22)11-13-4-2-3-5-15(13)20(23)24/h2-9H,10-11H2,1H3,(H,18,21)(H,19,22). The molecule has 2 aromatic carbocycles. The molecule has 0 unspecified atom stereocenters. The number of likely N-dealkylation sites (N-methyl/N-ethyl adjacent to an activating group) is 1. The van der Waals surface area contributed by atoms with Crippen LogP contribution >= 0.6 is 0 Å². The summed E-state index contributed by atoms with van der Waals surface area (Å²) in [6.45, 7) is 0. The summed E-state index contributed by atoms with van der Waals surface area (Å²) < 4.78 is 0. The monoisotopic (exact) mass is 327 g/mol. The van der Waals surface area contributed by atoms with Crippen molar-refractivity contribution in [2.24, 2.45) is 0 Å². The second-order valence-electron chi connectivity index (χ2n) is 5.16. The number of nitro groups is 1. The number of nitro benzene ring substituents is 1. The Labute approximate surface area is 138 Å². The minimum absolute atomic E-state index is 0.0754. The Morgan fingerprint density at radius 1 is 1.00 bits per heavy atom. The van der Waals surface area contributed by atoms with E-state index in [1.54, 1.807) is 49.5 Å². The van der Waals surface area contributed by atoms with E-state index in [0.29, 0.717) is 11.3 Å². The van der Waals surface area contributed by atoms with Gasteiger partial charge in [0.25, 0.3) is 5.69 Å².